The number of nitrogens with one attached hydrogen (secondary N) is 1. The first kappa shape index (κ1) is 21.1. The van der Waals surface area contributed by atoms with Gasteiger partial charge in [0, 0.05) is 11.3 Å². The number of nitrogens with zero attached hydrogens (tertiary/aromatic N) is 2. The summed E-state index contributed by atoms with van der Waals surface area (Å²) in [6.07, 6.45) is 0. The second-order valence-electron chi connectivity index (χ2n) is 7.30. The van der Waals surface area contributed by atoms with Crippen LogP contribution in [0.5, 0.6) is 11.5 Å². The highest BCUT2D eigenvalue weighted by Gasteiger charge is 2.16. The van der Waals surface area contributed by atoms with Gasteiger partial charge in [-0.05, 0) is 67.4 Å². The normalized spacial score (nSPS) is 10.6. The number of methoxy groups -OCH3 is 1. The lowest BCUT2D eigenvalue weighted by atomic mass is 10.1. The van der Waals surface area contributed by atoms with Gasteiger partial charge in [0.15, 0.2) is 6.61 Å². The van der Waals surface area contributed by atoms with Gasteiger partial charge in [-0.15, -0.1) is 0 Å². The molecule has 0 bridgehead atoms. The van der Waals surface area contributed by atoms with Crippen molar-refractivity contribution in [2.75, 3.05) is 19.0 Å². The molecule has 0 spiro atoms. The van der Waals surface area contributed by atoms with Crippen LogP contribution in [0.25, 0.3) is 22.8 Å². The Balaban J connectivity index is 1.48. The maximum absolute atomic E-state index is 12.4. The van der Waals surface area contributed by atoms with E-state index in [4.69, 9.17) is 14.0 Å². The lowest BCUT2D eigenvalue weighted by Crippen LogP contribution is -2.20. The van der Waals surface area contributed by atoms with Gasteiger partial charge >= 0.3 is 0 Å². The van der Waals surface area contributed by atoms with Crippen LogP contribution in [0, 0.1) is 13.8 Å². The summed E-state index contributed by atoms with van der Waals surface area (Å²) in [6, 6.07) is 20.5. The first-order chi connectivity index (χ1) is 15.5. The van der Waals surface area contributed by atoms with Gasteiger partial charge in [-0.25, -0.2) is 0 Å². The molecule has 162 valence electrons. The molecule has 0 aliphatic carbocycles. The summed E-state index contributed by atoms with van der Waals surface area (Å²) in [4.78, 5) is 16.9. The van der Waals surface area contributed by atoms with Crippen LogP contribution in [0.3, 0.4) is 0 Å². The number of hydrogen-bond acceptors (Lipinski definition) is 6. The first-order valence-corrected chi connectivity index (χ1v) is 10.1. The van der Waals surface area contributed by atoms with Gasteiger partial charge in [0.1, 0.15) is 11.5 Å². The minimum atomic E-state index is -0.252. The lowest BCUT2D eigenvalue weighted by molar-refractivity contribution is -0.118. The Hall–Kier alpha value is -4.13. The fourth-order valence-corrected chi connectivity index (χ4v) is 3.16. The molecule has 3 aromatic carbocycles. The lowest BCUT2D eigenvalue weighted by Gasteiger charge is -2.11. The summed E-state index contributed by atoms with van der Waals surface area (Å²) in [5.74, 6) is 1.73. The Kier molecular flexibility index (Phi) is 6.17. The molecule has 0 unspecified atom stereocenters. The molecule has 0 atom stereocenters. The maximum Gasteiger partial charge on any atom is 0.262 e. The Labute approximate surface area is 186 Å². The zero-order chi connectivity index (χ0) is 22.5. The van der Waals surface area contributed by atoms with Crippen LogP contribution < -0.4 is 14.8 Å². The number of aromatic nitrogens is 2. The third kappa shape index (κ3) is 4.78. The number of amides is 1. The monoisotopic (exact) mass is 429 g/mol. The van der Waals surface area contributed by atoms with Crippen molar-refractivity contribution < 1.29 is 18.8 Å². The molecule has 0 aliphatic heterocycles. The summed E-state index contributed by atoms with van der Waals surface area (Å²) < 4.78 is 16.4. The van der Waals surface area contributed by atoms with Gasteiger partial charge in [-0.1, -0.05) is 29.4 Å². The predicted octanol–water partition coefficient (Wildman–Crippen LogP) is 5.05. The topological polar surface area (TPSA) is 86.5 Å². The third-order valence-corrected chi connectivity index (χ3v) is 4.92. The molecule has 0 aliphatic rings. The van der Waals surface area contributed by atoms with Gasteiger partial charge in [0.25, 0.3) is 11.8 Å². The van der Waals surface area contributed by atoms with Crippen LogP contribution in [-0.4, -0.2) is 29.8 Å². The molecule has 4 rings (SSSR count). The second kappa shape index (κ2) is 9.34. The fraction of sp³-hybridized carbons (Fsp3) is 0.160. The summed E-state index contributed by atoms with van der Waals surface area (Å²) in [5.41, 5.74) is 4.24. The van der Waals surface area contributed by atoms with E-state index in [0.29, 0.717) is 23.0 Å². The van der Waals surface area contributed by atoms with Crippen LogP contribution in [0.4, 0.5) is 5.69 Å². The van der Waals surface area contributed by atoms with Crippen molar-refractivity contribution in [2.24, 2.45) is 0 Å². The SMILES string of the molecule is COc1ccc(-c2noc(-c3ccccc3OCC(=O)Nc3cc(C)ccc3C)n2)cc1. The zero-order valence-electron chi connectivity index (χ0n) is 18.1. The quantitative estimate of drug-likeness (QED) is 0.443. The molecule has 7 heteroatoms. The minimum absolute atomic E-state index is 0.149. The van der Waals surface area contributed by atoms with Crippen molar-refractivity contribution in [3.8, 4) is 34.3 Å². The van der Waals surface area contributed by atoms with E-state index >= 15 is 0 Å². The van der Waals surface area contributed by atoms with Gasteiger partial charge in [-0.3, -0.25) is 4.79 Å². The average molecular weight is 429 g/mol. The molecule has 1 N–H and O–H groups in total. The molecule has 0 fully saturated rings. The van der Waals surface area contributed by atoms with E-state index in [9.17, 15) is 4.79 Å². The maximum atomic E-state index is 12.4. The number of carbonyl (C=O) groups excluding carboxylic acids is 1. The Morgan fingerprint density at radius 1 is 1.03 bits per heavy atom. The van der Waals surface area contributed by atoms with E-state index in [1.165, 1.54) is 0 Å². The molecule has 1 heterocycles. The van der Waals surface area contributed by atoms with E-state index in [1.54, 1.807) is 13.2 Å². The van der Waals surface area contributed by atoms with Crippen molar-refractivity contribution in [1.82, 2.24) is 10.1 Å². The van der Waals surface area contributed by atoms with Gasteiger partial charge in [0.2, 0.25) is 5.82 Å². The molecular formula is C25H23N3O4. The second-order valence-corrected chi connectivity index (χ2v) is 7.30. The van der Waals surface area contributed by atoms with E-state index < -0.39 is 0 Å². The van der Waals surface area contributed by atoms with Gasteiger partial charge in [0.05, 0.1) is 12.7 Å². The average Bonchev–Trinajstić information content (AvgIpc) is 3.30. The number of benzene rings is 3. The van der Waals surface area contributed by atoms with Crippen LogP contribution in [0.2, 0.25) is 0 Å². The fourth-order valence-electron chi connectivity index (χ4n) is 3.16. The summed E-state index contributed by atoms with van der Waals surface area (Å²) >= 11 is 0. The third-order valence-electron chi connectivity index (χ3n) is 4.92. The van der Waals surface area contributed by atoms with E-state index in [2.05, 4.69) is 15.5 Å². The van der Waals surface area contributed by atoms with Crippen molar-refractivity contribution in [3.05, 3.63) is 77.9 Å². The highest BCUT2D eigenvalue weighted by Crippen LogP contribution is 2.30. The summed E-state index contributed by atoms with van der Waals surface area (Å²) in [5, 5.41) is 6.96. The molecule has 7 nitrogen and oxygen atoms in total. The molecule has 0 saturated carbocycles. The number of hydrogen-bond donors (Lipinski definition) is 1. The number of anilines is 1. The number of ether oxygens (including phenoxy) is 2. The molecular weight excluding hydrogens is 406 g/mol. The number of aryl methyl sites for hydroxylation is 2. The van der Waals surface area contributed by atoms with Gasteiger partial charge in [-0.2, -0.15) is 4.98 Å². The van der Waals surface area contributed by atoms with Crippen molar-refractivity contribution in [3.63, 3.8) is 0 Å². The highest BCUT2D eigenvalue weighted by atomic mass is 16.5. The van der Waals surface area contributed by atoms with Crippen LogP contribution >= 0.6 is 0 Å². The van der Waals surface area contributed by atoms with Crippen LogP contribution in [0.15, 0.2) is 71.3 Å². The largest absolute Gasteiger partial charge is 0.497 e. The Morgan fingerprint density at radius 2 is 1.81 bits per heavy atom. The van der Waals surface area contributed by atoms with Crippen LogP contribution in [0.1, 0.15) is 11.1 Å². The molecule has 4 aromatic rings. The van der Waals surface area contributed by atoms with E-state index in [1.807, 2.05) is 74.5 Å². The number of rotatable bonds is 7. The Morgan fingerprint density at radius 3 is 2.59 bits per heavy atom. The van der Waals surface area contributed by atoms with Crippen molar-refractivity contribution in [1.29, 1.82) is 0 Å². The standard InChI is InChI=1S/C25H23N3O4/c1-16-8-9-17(2)21(14-16)26-23(29)15-31-22-7-5-4-6-20(22)25-27-24(28-32-25)18-10-12-19(30-3)13-11-18/h4-14H,15H2,1-3H3,(H,26,29). The van der Waals surface area contributed by atoms with E-state index in [0.717, 1.165) is 28.1 Å². The predicted molar refractivity (Wildman–Crippen MR) is 122 cm³/mol. The summed E-state index contributed by atoms with van der Waals surface area (Å²) in [6.45, 7) is 3.78. The van der Waals surface area contributed by atoms with Crippen LogP contribution in [-0.2, 0) is 4.79 Å². The molecule has 32 heavy (non-hydrogen) atoms. The molecule has 0 radical (unpaired) electrons. The highest BCUT2D eigenvalue weighted by molar-refractivity contribution is 5.92. The minimum Gasteiger partial charge on any atom is -0.497 e. The zero-order valence-corrected chi connectivity index (χ0v) is 18.1. The number of carbonyl (C=O) groups is 1. The first-order valence-electron chi connectivity index (χ1n) is 10.1. The molecule has 1 amide bonds. The van der Waals surface area contributed by atoms with E-state index in [-0.39, 0.29) is 12.5 Å². The van der Waals surface area contributed by atoms with Crippen molar-refractivity contribution >= 4 is 11.6 Å². The van der Waals surface area contributed by atoms with Crippen molar-refractivity contribution in [2.45, 2.75) is 13.8 Å². The smallest absolute Gasteiger partial charge is 0.262 e. The Bertz CT molecular complexity index is 1230. The summed E-state index contributed by atoms with van der Waals surface area (Å²) in [7, 11) is 1.61. The van der Waals surface area contributed by atoms with Gasteiger partial charge < -0.3 is 19.3 Å². The molecule has 1 aromatic heterocycles. The number of para-hydroxylation sites is 1. The molecule has 0 saturated heterocycles.